The first-order valence-corrected chi connectivity index (χ1v) is 7.70. The first-order valence-electron chi connectivity index (χ1n) is 5.02. The second-order valence-electron chi connectivity index (χ2n) is 3.45. The van der Waals surface area contributed by atoms with Gasteiger partial charge in [0, 0.05) is 23.4 Å². The van der Waals surface area contributed by atoms with Gasteiger partial charge in [-0.1, -0.05) is 11.3 Å². The van der Waals surface area contributed by atoms with Crippen LogP contribution < -0.4 is 11.3 Å². The van der Waals surface area contributed by atoms with Crippen molar-refractivity contribution in [2.24, 2.45) is 0 Å². The molecule has 0 saturated carbocycles. The molecule has 3 aromatic rings. The third-order valence-corrected chi connectivity index (χ3v) is 5.03. The summed E-state index contributed by atoms with van der Waals surface area (Å²) in [5.41, 5.74) is 6.30. The number of nitrogens with two attached hydrogens (primary N) is 1. The van der Waals surface area contributed by atoms with E-state index in [9.17, 15) is 4.79 Å². The fourth-order valence-corrected chi connectivity index (χ4v) is 3.84. The molecule has 18 heavy (non-hydrogen) atoms. The molecular weight excluding hydrogens is 288 g/mol. The summed E-state index contributed by atoms with van der Waals surface area (Å²) in [7, 11) is 0. The number of nitrogen functional groups attached to an aromatic ring is 1. The topological polar surface area (TPSA) is 73.3 Å². The van der Waals surface area contributed by atoms with Crippen LogP contribution >= 0.6 is 34.4 Å². The summed E-state index contributed by atoms with van der Waals surface area (Å²) >= 11 is 4.48. The first-order chi connectivity index (χ1) is 8.72. The van der Waals surface area contributed by atoms with E-state index in [0.717, 1.165) is 14.9 Å². The summed E-state index contributed by atoms with van der Waals surface area (Å²) in [5, 5.41) is 2.41. The second kappa shape index (κ2) is 4.71. The molecule has 0 aromatic carbocycles. The SMILES string of the molecule is Nc1ncc(SCc2cc(=O)n3ccsc3n2)s1. The highest BCUT2D eigenvalue weighted by Gasteiger charge is 2.05. The number of nitrogens with zero attached hydrogens (tertiary/aromatic N) is 3. The Hall–Kier alpha value is -1.38. The number of aromatic nitrogens is 3. The Balaban J connectivity index is 1.84. The van der Waals surface area contributed by atoms with E-state index in [2.05, 4.69) is 9.97 Å². The summed E-state index contributed by atoms with van der Waals surface area (Å²) < 4.78 is 2.57. The monoisotopic (exact) mass is 296 g/mol. The van der Waals surface area contributed by atoms with Crippen LogP contribution in [0.25, 0.3) is 4.96 Å². The highest BCUT2D eigenvalue weighted by molar-refractivity contribution is 8.00. The zero-order valence-electron chi connectivity index (χ0n) is 9.07. The molecule has 0 radical (unpaired) electrons. The van der Waals surface area contributed by atoms with Gasteiger partial charge in [0.2, 0.25) is 0 Å². The van der Waals surface area contributed by atoms with Gasteiger partial charge in [-0.05, 0) is 0 Å². The molecule has 0 amide bonds. The highest BCUT2D eigenvalue weighted by atomic mass is 32.2. The van der Waals surface area contributed by atoms with Gasteiger partial charge >= 0.3 is 0 Å². The van der Waals surface area contributed by atoms with Crippen molar-refractivity contribution in [1.29, 1.82) is 0 Å². The predicted octanol–water partition coefficient (Wildman–Crippen LogP) is 2.09. The number of thioether (sulfide) groups is 1. The Morgan fingerprint density at radius 2 is 2.39 bits per heavy atom. The van der Waals surface area contributed by atoms with Gasteiger partial charge in [-0.3, -0.25) is 9.20 Å². The van der Waals surface area contributed by atoms with E-state index < -0.39 is 0 Å². The fraction of sp³-hybridized carbons (Fsp3) is 0.100. The van der Waals surface area contributed by atoms with Gasteiger partial charge in [0.1, 0.15) is 0 Å². The lowest BCUT2D eigenvalue weighted by Gasteiger charge is -1.99. The molecular formula is C10H8N4OS3. The lowest BCUT2D eigenvalue weighted by atomic mass is 10.4. The summed E-state index contributed by atoms with van der Waals surface area (Å²) in [5.74, 6) is 0.644. The number of anilines is 1. The maximum absolute atomic E-state index is 11.8. The van der Waals surface area contributed by atoms with Crippen LogP contribution in [0.3, 0.4) is 0 Å². The van der Waals surface area contributed by atoms with Crippen LogP contribution in [0.2, 0.25) is 0 Å². The average molecular weight is 296 g/mol. The van der Waals surface area contributed by atoms with Crippen LogP contribution in [-0.4, -0.2) is 14.4 Å². The Bertz CT molecular complexity index is 745. The van der Waals surface area contributed by atoms with Crippen molar-refractivity contribution in [3.8, 4) is 0 Å². The van der Waals surface area contributed by atoms with Gasteiger partial charge < -0.3 is 5.73 Å². The van der Waals surface area contributed by atoms with Crippen molar-refractivity contribution in [2.45, 2.75) is 9.96 Å². The van der Waals surface area contributed by atoms with Crippen molar-refractivity contribution in [1.82, 2.24) is 14.4 Å². The molecule has 0 unspecified atom stereocenters. The smallest absolute Gasteiger partial charge is 0.258 e. The summed E-state index contributed by atoms with van der Waals surface area (Å²) in [4.78, 5) is 20.9. The van der Waals surface area contributed by atoms with E-state index in [0.29, 0.717) is 10.9 Å². The lowest BCUT2D eigenvalue weighted by Crippen LogP contribution is -2.12. The zero-order chi connectivity index (χ0) is 12.5. The van der Waals surface area contributed by atoms with Gasteiger partial charge in [-0.25, -0.2) is 9.97 Å². The van der Waals surface area contributed by atoms with Crippen LogP contribution in [0.4, 0.5) is 5.13 Å². The van der Waals surface area contributed by atoms with Crippen molar-refractivity contribution in [3.63, 3.8) is 0 Å². The van der Waals surface area contributed by atoms with E-state index >= 15 is 0 Å². The van der Waals surface area contributed by atoms with E-state index in [1.807, 2.05) is 5.38 Å². The van der Waals surface area contributed by atoms with Gasteiger partial charge in [0.05, 0.1) is 16.1 Å². The van der Waals surface area contributed by atoms with Crippen LogP contribution in [0.15, 0.2) is 32.8 Å². The maximum Gasteiger partial charge on any atom is 0.258 e. The largest absolute Gasteiger partial charge is 0.375 e. The molecule has 2 N–H and O–H groups in total. The van der Waals surface area contributed by atoms with Gasteiger partial charge in [0.15, 0.2) is 10.1 Å². The van der Waals surface area contributed by atoms with Crippen LogP contribution in [0, 0.1) is 0 Å². The average Bonchev–Trinajstić information content (AvgIpc) is 2.95. The van der Waals surface area contributed by atoms with E-state index in [1.165, 1.54) is 22.7 Å². The number of fused-ring (bicyclic) bond motifs is 1. The maximum atomic E-state index is 11.8. The fourth-order valence-electron chi connectivity index (χ4n) is 1.45. The first kappa shape index (κ1) is 11.7. The van der Waals surface area contributed by atoms with Crippen LogP contribution in [0.5, 0.6) is 0 Å². The van der Waals surface area contributed by atoms with Crippen LogP contribution in [-0.2, 0) is 5.75 Å². The number of hydrogen-bond donors (Lipinski definition) is 1. The van der Waals surface area contributed by atoms with E-state index in [-0.39, 0.29) is 5.56 Å². The Morgan fingerprint density at radius 1 is 1.50 bits per heavy atom. The molecule has 3 heterocycles. The van der Waals surface area contributed by atoms with Crippen molar-refractivity contribution < 1.29 is 0 Å². The van der Waals surface area contributed by atoms with Crippen molar-refractivity contribution >= 4 is 44.5 Å². The standard InChI is InChI=1S/C10H8N4OS3/c11-9-12-4-8(18-9)17-5-6-3-7(15)14-1-2-16-10(14)13-6/h1-4H,5H2,(H2,11,12). The van der Waals surface area contributed by atoms with Gasteiger partial charge in [-0.2, -0.15) is 0 Å². The minimum atomic E-state index is -0.0410. The molecule has 0 saturated heterocycles. The quantitative estimate of drug-likeness (QED) is 0.749. The van der Waals surface area contributed by atoms with Crippen LogP contribution in [0.1, 0.15) is 5.69 Å². The lowest BCUT2D eigenvalue weighted by molar-refractivity contribution is 1.04. The molecule has 0 spiro atoms. The molecule has 0 aliphatic carbocycles. The van der Waals surface area contributed by atoms with Gasteiger partial charge in [-0.15, -0.1) is 23.1 Å². The summed E-state index contributed by atoms with van der Waals surface area (Å²) in [6, 6.07) is 1.57. The number of hydrogen-bond acceptors (Lipinski definition) is 7. The molecule has 0 bridgehead atoms. The Labute approximate surface area is 114 Å². The Morgan fingerprint density at radius 3 is 3.17 bits per heavy atom. The second-order valence-corrected chi connectivity index (χ2v) is 6.66. The molecule has 0 aliphatic heterocycles. The molecule has 3 aromatic heterocycles. The minimum absolute atomic E-state index is 0.0410. The van der Waals surface area contributed by atoms with Crippen molar-refractivity contribution in [2.75, 3.05) is 5.73 Å². The van der Waals surface area contributed by atoms with Gasteiger partial charge in [0.25, 0.3) is 5.56 Å². The normalized spacial score (nSPS) is 11.1. The van der Waals surface area contributed by atoms with Crippen molar-refractivity contribution in [3.05, 3.63) is 39.9 Å². The third-order valence-electron chi connectivity index (χ3n) is 2.22. The molecule has 5 nitrogen and oxygen atoms in total. The zero-order valence-corrected chi connectivity index (χ0v) is 11.5. The van der Waals surface area contributed by atoms with E-state index in [4.69, 9.17) is 5.73 Å². The molecule has 0 aliphatic rings. The summed E-state index contributed by atoms with van der Waals surface area (Å²) in [6.07, 6.45) is 3.47. The molecule has 0 atom stereocenters. The number of rotatable bonds is 3. The number of thiazole rings is 2. The molecule has 0 fully saturated rings. The Kier molecular flexibility index (Phi) is 3.06. The summed E-state index contributed by atoms with van der Waals surface area (Å²) in [6.45, 7) is 0. The molecule has 8 heteroatoms. The molecule has 92 valence electrons. The highest BCUT2D eigenvalue weighted by Crippen LogP contribution is 2.28. The third kappa shape index (κ3) is 2.26. The minimum Gasteiger partial charge on any atom is -0.375 e. The molecule has 3 rings (SSSR count). The van der Waals surface area contributed by atoms with E-state index in [1.54, 1.807) is 34.6 Å². The predicted molar refractivity (Wildman–Crippen MR) is 75.4 cm³/mol.